The van der Waals surface area contributed by atoms with Crippen molar-refractivity contribution < 1.29 is 49.2 Å². The summed E-state index contributed by atoms with van der Waals surface area (Å²) < 4.78 is 0. The van der Waals surface area contributed by atoms with Crippen molar-refractivity contribution in [1.82, 2.24) is 0 Å². The molecule has 0 amide bonds. The zero-order chi connectivity index (χ0) is 15.3. The van der Waals surface area contributed by atoms with Gasteiger partial charge in [-0.3, -0.25) is 12.2 Å². The van der Waals surface area contributed by atoms with Gasteiger partial charge in [-0.15, -0.1) is 0 Å². The molecule has 2 radical (unpaired) electrons. The Balaban J connectivity index is -0.000000112. The molecule has 0 saturated heterocycles. The van der Waals surface area contributed by atoms with Crippen LogP contribution < -0.4 is 10.2 Å². The quantitative estimate of drug-likeness (QED) is 0.303. The summed E-state index contributed by atoms with van der Waals surface area (Å²) in [5.41, 5.74) is 0. The van der Waals surface area contributed by atoms with Gasteiger partial charge in [-0.1, -0.05) is 50.0 Å². The third-order valence-corrected chi connectivity index (χ3v) is 2.49. The van der Waals surface area contributed by atoms with Crippen LogP contribution in [0.4, 0.5) is 0 Å². The van der Waals surface area contributed by atoms with E-state index in [1.54, 1.807) is 0 Å². The van der Waals surface area contributed by atoms with Crippen molar-refractivity contribution in [2.24, 2.45) is 0 Å². The van der Waals surface area contributed by atoms with Gasteiger partial charge in [0.15, 0.2) is 0 Å². The molecular formula is C18H28O2Rh2-2. The average molecular weight is 482 g/mol. The zero-order valence-corrected chi connectivity index (χ0v) is 16.9. The molecule has 132 valence electrons. The molecule has 0 N–H and O–H groups in total. The topological polar surface area (TPSA) is 46.1 Å². The van der Waals surface area contributed by atoms with Crippen LogP contribution in [0.1, 0.15) is 51.4 Å². The number of hydrogen-bond acceptors (Lipinski definition) is 2. The third kappa shape index (κ3) is 28.3. The number of hydrogen-bond donors (Lipinski definition) is 0. The van der Waals surface area contributed by atoms with Crippen molar-refractivity contribution in [2.75, 3.05) is 14.2 Å². The van der Waals surface area contributed by atoms with Crippen molar-refractivity contribution >= 4 is 0 Å². The molecule has 0 fully saturated rings. The summed E-state index contributed by atoms with van der Waals surface area (Å²) in [5.74, 6) is 0. The Morgan fingerprint density at radius 3 is 1.27 bits per heavy atom. The average Bonchev–Trinajstić information content (AvgIpc) is 2.42. The van der Waals surface area contributed by atoms with E-state index in [2.05, 4.69) is 48.6 Å². The van der Waals surface area contributed by atoms with E-state index in [1.807, 2.05) is 0 Å². The molecule has 0 aromatic rings. The molecule has 0 unspecified atom stereocenters. The standard InChI is InChI=1S/2C8H11.2CH3O.2Rh/c2*1-2-4-6-8-7-5-3-1;2*1-2;;/h2*1-2,7H,3-6H2;2*1H3;;/q4*-1;;+2. The molecule has 0 aromatic carbocycles. The van der Waals surface area contributed by atoms with Crippen LogP contribution in [0, 0.1) is 12.2 Å². The summed E-state index contributed by atoms with van der Waals surface area (Å²) in [6.07, 6.45) is 29.0. The van der Waals surface area contributed by atoms with Crippen LogP contribution in [-0.2, 0) is 39.0 Å². The van der Waals surface area contributed by atoms with Crippen LogP contribution in [0.25, 0.3) is 0 Å². The van der Waals surface area contributed by atoms with Crippen LogP contribution >= 0.6 is 0 Å². The van der Waals surface area contributed by atoms with E-state index in [4.69, 9.17) is 10.2 Å². The summed E-state index contributed by atoms with van der Waals surface area (Å²) in [4.78, 5) is 0. The van der Waals surface area contributed by atoms with Gasteiger partial charge in [0.1, 0.15) is 0 Å². The Morgan fingerprint density at radius 2 is 0.909 bits per heavy atom. The molecule has 0 saturated carbocycles. The third-order valence-electron chi connectivity index (χ3n) is 2.49. The maximum atomic E-state index is 8.25. The maximum Gasteiger partial charge on any atom is 2.00 e. The van der Waals surface area contributed by atoms with E-state index < -0.39 is 0 Å². The van der Waals surface area contributed by atoms with Gasteiger partial charge in [0.25, 0.3) is 0 Å². The van der Waals surface area contributed by atoms with E-state index in [-0.39, 0.29) is 39.0 Å². The number of rotatable bonds is 0. The molecule has 0 heterocycles. The second-order valence-corrected chi connectivity index (χ2v) is 3.99. The first-order valence-corrected chi connectivity index (χ1v) is 7.22. The van der Waals surface area contributed by atoms with Crippen LogP contribution in [-0.4, -0.2) is 14.2 Å². The predicted molar refractivity (Wildman–Crippen MR) is 82.7 cm³/mol. The Labute approximate surface area is 163 Å². The van der Waals surface area contributed by atoms with Gasteiger partial charge < -0.3 is 22.4 Å². The van der Waals surface area contributed by atoms with Gasteiger partial charge in [-0.05, 0) is 12.8 Å². The molecule has 0 aliphatic heterocycles. The molecule has 2 aliphatic carbocycles. The molecule has 22 heavy (non-hydrogen) atoms. The fourth-order valence-corrected chi connectivity index (χ4v) is 1.57. The minimum atomic E-state index is 0. The summed E-state index contributed by atoms with van der Waals surface area (Å²) >= 11 is 0. The molecule has 0 spiro atoms. The smallest absolute Gasteiger partial charge is 0.857 e. The van der Waals surface area contributed by atoms with Crippen molar-refractivity contribution in [1.29, 1.82) is 0 Å². The second-order valence-electron chi connectivity index (χ2n) is 3.99. The van der Waals surface area contributed by atoms with Crippen LogP contribution in [0.5, 0.6) is 0 Å². The molecule has 0 bridgehead atoms. The van der Waals surface area contributed by atoms with E-state index in [0.29, 0.717) is 0 Å². The Hall–Kier alpha value is 0.127. The minimum absolute atomic E-state index is 0. The van der Waals surface area contributed by atoms with Crippen LogP contribution in [0.3, 0.4) is 0 Å². The number of allylic oxidation sites excluding steroid dienone is 8. The molecule has 2 aliphatic rings. The fourth-order valence-electron chi connectivity index (χ4n) is 1.57. The zero-order valence-electron chi connectivity index (χ0n) is 13.6. The summed E-state index contributed by atoms with van der Waals surface area (Å²) in [5, 5.41) is 16.5. The van der Waals surface area contributed by atoms with E-state index in [0.717, 1.165) is 27.1 Å². The van der Waals surface area contributed by atoms with Gasteiger partial charge in [0, 0.05) is 19.5 Å². The van der Waals surface area contributed by atoms with Crippen LogP contribution in [0.15, 0.2) is 36.5 Å². The summed E-state index contributed by atoms with van der Waals surface area (Å²) in [6.45, 7) is 0. The Bertz CT molecular complexity index is 192. The Kier molecular flexibility index (Phi) is 45.0. The molecular weight excluding hydrogens is 454 g/mol. The largest absolute Gasteiger partial charge is 2.00 e. The minimum Gasteiger partial charge on any atom is -0.857 e. The molecule has 2 nitrogen and oxygen atoms in total. The van der Waals surface area contributed by atoms with Gasteiger partial charge in [-0.25, -0.2) is 0 Å². The SMILES string of the molecule is C[O-].C[O-].[C-]1=CCCC=CCC1.[C-]1=CCCC=CCC1.[Rh+2].[Rh]. The monoisotopic (exact) mass is 482 g/mol. The Morgan fingerprint density at radius 1 is 0.591 bits per heavy atom. The first-order valence-electron chi connectivity index (χ1n) is 7.22. The molecule has 0 atom stereocenters. The molecule has 0 aromatic heterocycles. The molecule has 2 rings (SSSR count). The predicted octanol–water partition coefficient (Wildman–Crippen LogP) is 2.90. The van der Waals surface area contributed by atoms with E-state index >= 15 is 0 Å². The maximum absolute atomic E-state index is 8.25. The van der Waals surface area contributed by atoms with E-state index in [1.165, 1.54) is 38.5 Å². The fraction of sp³-hybridized carbons (Fsp3) is 0.556. The summed E-state index contributed by atoms with van der Waals surface area (Å²) in [6, 6.07) is 0. The normalized spacial score (nSPS) is 15.1. The first kappa shape index (κ1) is 30.1. The van der Waals surface area contributed by atoms with Gasteiger partial charge in [0.2, 0.25) is 0 Å². The van der Waals surface area contributed by atoms with Crippen molar-refractivity contribution in [3.05, 3.63) is 48.6 Å². The summed E-state index contributed by atoms with van der Waals surface area (Å²) in [7, 11) is 1.50. The van der Waals surface area contributed by atoms with Gasteiger partial charge >= 0.3 is 19.5 Å². The van der Waals surface area contributed by atoms with Gasteiger partial charge in [-0.2, -0.15) is 27.1 Å². The first-order chi connectivity index (χ1) is 10.0. The molecule has 4 heteroatoms. The van der Waals surface area contributed by atoms with E-state index in [9.17, 15) is 0 Å². The second kappa shape index (κ2) is 32.9. The van der Waals surface area contributed by atoms with Gasteiger partial charge in [0.05, 0.1) is 0 Å². The van der Waals surface area contributed by atoms with Crippen molar-refractivity contribution in [3.8, 4) is 0 Å². The van der Waals surface area contributed by atoms with Crippen LogP contribution in [0.2, 0.25) is 0 Å². The van der Waals surface area contributed by atoms with Crippen molar-refractivity contribution in [3.63, 3.8) is 0 Å². The van der Waals surface area contributed by atoms with Crippen molar-refractivity contribution in [2.45, 2.75) is 51.4 Å².